The zero-order chi connectivity index (χ0) is 10.7. The molecule has 1 rings (SSSR count). The van der Waals surface area contributed by atoms with Crippen LogP contribution in [0.1, 0.15) is 19.4 Å². The summed E-state index contributed by atoms with van der Waals surface area (Å²) in [6.07, 6.45) is 0.710. The van der Waals surface area contributed by atoms with Gasteiger partial charge in [-0.2, -0.15) is 0 Å². The Labute approximate surface area is 94.0 Å². The van der Waals surface area contributed by atoms with Crippen molar-refractivity contribution in [2.24, 2.45) is 5.92 Å². The molecule has 0 radical (unpaired) electrons. The maximum Gasteiger partial charge on any atom is 0.142 e. The molecule has 0 heterocycles. The highest BCUT2D eigenvalue weighted by Gasteiger charge is 2.13. The summed E-state index contributed by atoms with van der Waals surface area (Å²) in [6, 6.07) is 4.87. The van der Waals surface area contributed by atoms with Crippen molar-refractivity contribution in [3.8, 4) is 0 Å². The predicted molar refractivity (Wildman–Crippen MR) is 59.6 cm³/mol. The summed E-state index contributed by atoms with van der Waals surface area (Å²) in [6.45, 7) is 3.96. The first kappa shape index (κ1) is 11.8. The predicted octanol–water partition coefficient (Wildman–Crippen LogP) is 4.29. The fourth-order valence-corrected chi connectivity index (χ4v) is 1.51. The van der Waals surface area contributed by atoms with Crippen molar-refractivity contribution in [1.82, 2.24) is 0 Å². The molecule has 0 aromatic heterocycles. The van der Waals surface area contributed by atoms with Gasteiger partial charge in [0.25, 0.3) is 0 Å². The fourth-order valence-electron chi connectivity index (χ4n) is 1.22. The van der Waals surface area contributed by atoms with Crippen LogP contribution in [-0.4, -0.2) is 5.38 Å². The maximum atomic E-state index is 13.1. The lowest BCUT2D eigenvalue weighted by atomic mass is 9.98. The first-order valence-electron chi connectivity index (χ1n) is 4.59. The topological polar surface area (TPSA) is 0 Å². The quantitative estimate of drug-likeness (QED) is 0.685. The molecule has 0 saturated carbocycles. The fraction of sp³-hybridized carbons (Fsp3) is 0.455. The van der Waals surface area contributed by atoms with E-state index in [0.717, 1.165) is 5.56 Å². The highest BCUT2D eigenvalue weighted by molar-refractivity contribution is 6.31. The van der Waals surface area contributed by atoms with Gasteiger partial charge in [-0.3, -0.25) is 0 Å². The van der Waals surface area contributed by atoms with Crippen LogP contribution in [-0.2, 0) is 6.42 Å². The minimum absolute atomic E-state index is 0.0642. The van der Waals surface area contributed by atoms with Crippen molar-refractivity contribution in [2.75, 3.05) is 0 Å². The number of benzene rings is 1. The van der Waals surface area contributed by atoms with E-state index in [1.165, 1.54) is 6.07 Å². The van der Waals surface area contributed by atoms with E-state index < -0.39 is 0 Å². The second-order valence-electron chi connectivity index (χ2n) is 3.57. The molecule has 0 saturated heterocycles. The van der Waals surface area contributed by atoms with Crippen molar-refractivity contribution in [3.05, 3.63) is 34.6 Å². The summed E-state index contributed by atoms with van der Waals surface area (Å²) >= 11 is 11.8. The van der Waals surface area contributed by atoms with Crippen molar-refractivity contribution in [1.29, 1.82) is 0 Å². The van der Waals surface area contributed by atoms with Crippen LogP contribution in [0.3, 0.4) is 0 Å². The third kappa shape index (κ3) is 2.86. The van der Waals surface area contributed by atoms with E-state index in [1.807, 2.05) is 19.9 Å². The van der Waals surface area contributed by atoms with Crippen molar-refractivity contribution >= 4 is 23.2 Å². The van der Waals surface area contributed by atoms with Crippen molar-refractivity contribution < 1.29 is 4.39 Å². The van der Waals surface area contributed by atoms with Crippen LogP contribution in [0.5, 0.6) is 0 Å². The molecule has 0 spiro atoms. The van der Waals surface area contributed by atoms with Crippen LogP contribution in [0.4, 0.5) is 4.39 Å². The van der Waals surface area contributed by atoms with Gasteiger partial charge in [-0.1, -0.05) is 30.7 Å². The standard InChI is InChI=1S/C11H13Cl2F/c1-7(8(2)12)6-9-4-3-5-10(14)11(9)13/h3-5,7-8H,6H2,1-2H3. The highest BCUT2D eigenvalue weighted by atomic mass is 35.5. The Hall–Kier alpha value is -0.270. The van der Waals surface area contributed by atoms with Gasteiger partial charge >= 0.3 is 0 Å². The summed E-state index contributed by atoms with van der Waals surface area (Å²) < 4.78 is 13.1. The molecule has 0 aliphatic carbocycles. The molecule has 14 heavy (non-hydrogen) atoms. The van der Waals surface area contributed by atoms with Gasteiger partial charge in [-0.05, 0) is 30.9 Å². The molecule has 1 aromatic carbocycles. The molecule has 78 valence electrons. The van der Waals surface area contributed by atoms with E-state index in [0.29, 0.717) is 6.42 Å². The molecular formula is C11H13Cl2F. The molecule has 0 bridgehead atoms. The second-order valence-corrected chi connectivity index (χ2v) is 4.64. The van der Waals surface area contributed by atoms with Crippen LogP contribution >= 0.6 is 23.2 Å². The third-order valence-corrected chi connectivity index (χ3v) is 3.21. The summed E-state index contributed by atoms with van der Waals surface area (Å²) in [4.78, 5) is 0. The van der Waals surface area contributed by atoms with Gasteiger partial charge in [0.05, 0.1) is 5.02 Å². The van der Waals surface area contributed by atoms with Gasteiger partial charge in [-0.15, -0.1) is 11.6 Å². The van der Waals surface area contributed by atoms with Gasteiger partial charge in [0.15, 0.2) is 0 Å². The number of hydrogen-bond donors (Lipinski definition) is 0. The SMILES string of the molecule is CC(Cl)C(C)Cc1cccc(F)c1Cl. The molecule has 0 nitrogen and oxygen atoms in total. The van der Waals surface area contributed by atoms with E-state index in [9.17, 15) is 4.39 Å². The number of rotatable bonds is 3. The van der Waals surface area contributed by atoms with Crippen LogP contribution in [0.2, 0.25) is 5.02 Å². The molecule has 0 aliphatic heterocycles. The lowest BCUT2D eigenvalue weighted by Crippen LogP contribution is -2.10. The van der Waals surface area contributed by atoms with Crippen LogP contribution < -0.4 is 0 Å². The van der Waals surface area contributed by atoms with Gasteiger partial charge in [0.2, 0.25) is 0 Å². The largest absolute Gasteiger partial charge is 0.205 e. The minimum atomic E-state index is -0.362. The maximum absolute atomic E-state index is 13.1. The summed E-state index contributed by atoms with van der Waals surface area (Å²) in [5.74, 6) is -0.0745. The molecule has 0 aliphatic rings. The van der Waals surface area contributed by atoms with E-state index >= 15 is 0 Å². The average Bonchev–Trinajstić information content (AvgIpc) is 2.12. The Morgan fingerprint density at radius 1 is 1.36 bits per heavy atom. The Balaban J connectivity index is 2.82. The first-order valence-corrected chi connectivity index (χ1v) is 5.40. The van der Waals surface area contributed by atoms with Crippen molar-refractivity contribution in [3.63, 3.8) is 0 Å². The van der Waals surface area contributed by atoms with Crippen LogP contribution in [0.25, 0.3) is 0 Å². The van der Waals surface area contributed by atoms with Crippen molar-refractivity contribution in [2.45, 2.75) is 25.6 Å². The van der Waals surface area contributed by atoms with Gasteiger partial charge in [0.1, 0.15) is 5.82 Å². The first-order chi connectivity index (χ1) is 6.52. The minimum Gasteiger partial charge on any atom is -0.205 e. The summed E-state index contributed by atoms with van der Waals surface area (Å²) in [7, 11) is 0. The van der Waals surface area contributed by atoms with E-state index in [2.05, 4.69) is 0 Å². The Kier molecular flexibility index (Phi) is 4.21. The van der Waals surface area contributed by atoms with Gasteiger partial charge in [-0.25, -0.2) is 4.39 Å². The number of halogens is 3. The molecule has 2 unspecified atom stereocenters. The Morgan fingerprint density at radius 2 is 2.00 bits per heavy atom. The Morgan fingerprint density at radius 3 is 2.57 bits per heavy atom. The van der Waals surface area contributed by atoms with Gasteiger partial charge < -0.3 is 0 Å². The van der Waals surface area contributed by atoms with E-state index in [4.69, 9.17) is 23.2 Å². The molecular weight excluding hydrogens is 222 g/mol. The van der Waals surface area contributed by atoms with E-state index in [-0.39, 0.29) is 22.1 Å². The van der Waals surface area contributed by atoms with Crippen LogP contribution in [0.15, 0.2) is 18.2 Å². The monoisotopic (exact) mass is 234 g/mol. The molecule has 0 fully saturated rings. The summed E-state index contributed by atoms with van der Waals surface area (Å²) in [5, 5.41) is 0.283. The smallest absolute Gasteiger partial charge is 0.142 e. The molecule has 2 atom stereocenters. The molecule has 1 aromatic rings. The van der Waals surface area contributed by atoms with Crippen LogP contribution in [0, 0.1) is 11.7 Å². The Bertz CT molecular complexity index is 310. The average molecular weight is 235 g/mol. The van der Waals surface area contributed by atoms with E-state index in [1.54, 1.807) is 6.07 Å². The zero-order valence-corrected chi connectivity index (χ0v) is 9.74. The van der Waals surface area contributed by atoms with Gasteiger partial charge in [0, 0.05) is 5.38 Å². The number of hydrogen-bond acceptors (Lipinski definition) is 0. The second kappa shape index (κ2) is 4.99. The molecule has 3 heteroatoms. The molecule has 0 amide bonds. The lowest BCUT2D eigenvalue weighted by Gasteiger charge is -2.14. The number of alkyl halides is 1. The molecule has 0 N–H and O–H groups in total. The zero-order valence-electron chi connectivity index (χ0n) is 8.23. The summed E-state index contributed by atoms with van der Waals surface area (Å²) in [5.41, 5.74) is 0.826. The lowest BCUT2D eigenvalue weighted by molar-refractivity contribution is 0.563. The normalized spacial score (nSPS) is 15.2. The highest BCUT2D eigenvalue weighted by Crippen LogP contribution is 2.24. The third-order valence-electron chi connectivity index (χ3n) is 2.36.